The molecular weight excluding hydrogens is 258 g/mol. The minimum absolute atomic E-state index is 0.563. The van der Waals surface area contributed by atoms with Gasteiger partial charge in [-0.3, -0.25) is 0 Å². The maximum Gasteiger partial charge on any atom is 0.0716 e. The summed E-state index contributed by atoms with van der Waals surface area (Å²) in [4.78, 5) is 0. The van der Waals surface area contributed by atoms with Crippen LogP contribution in [-0.2, 0) is 11.3 Å². The number of ether oxygens (including phenoxy) is 1. The summed E-state index contributed by atoms with van der Waals surface area (Å²) < 4.78 is 5.76. The number of unbranched alkanes of at least 4 members (excludes halogenated alkanes) is 5. The highest BCUT2D eigenvalue weighted by atomic mass is 16.5. The quantitative estimate of drug-likeness (QED) is 0.554. The van der Waals surface area contributed by atoms with E-state index in [9.17, 15) is 0 Å². The summed E-state index contributed by atoms with van der Waals surface area (Å²) in [6, 6.07) is 8.85. The molecule has 1 unspecified atom stereocenters. The van der Waals surface area contributed by atoms with Gasteiger partial charge < -0.3 is 10.1 Å². The predicted octanol–water partition coefficient (Wildman–Crippen LogP) is 4.89. The summed E-state index contributed by atoms with van der Waals surface area (Å²) in [5.74, 6) is 0.563. The van der Waals surface area contributed by atoms with Gasteiger partial charge >= 0.3 is 0 Å². The predicted molar refractivity (Wildman–Crippen MR) is 91.8 cm³/mol. The molecule has 0 saturated heterocycles. The highest BCUT2D eigenvalue weighted by Gasteiger charge is 2.03. The Labute approximate surface area is 131 Å². The molecule has 0 bridgehead atoms. The SMILES string of the molecule is CCCCCCCCOCc1ccc(C(C)CNC)cc1. The van der Waals surface area contributed by atoms with Gasteiger partial charge in [-0.1, -0.05) is 70.2 Å². The van der Waals surface area contributed by atoms with Crippen molar-refractivity contribution in [1.29, 1.82) is 0 Å². The van der Waals surface area contributed by atoms with Crippen molar-refractivity contribution in [2.75, 3.05) is 20.2 Å². The van der Waals surface area contributed by atoms with E-state index in [1.807, 2.05) is 7.05 Å². The molecule has 1 aromatic rings. The second kappa shape index (κ2) is 11.8. The van der Waals surface area contributed by atoms with Crippen molar-refractivity contribution in [3.05, 3.63) is 35.4 Å². The molecular formula is C19H33NO. The highest BCUT2D eigenvalue weighted by molar-refractivity contribution is 5.24. The first-order chi connectivity index (χ1) is 10.3. The van der Waals surface area contributed by atoms with Gasteiger partial charge in [-0.2, -0.15) is 0 Å². The molecule has 0 aromatic heterocycles. The number of hydrogen-bond acceptors (Lipinski definition) is 2. The fourth-order valence-electron chi connectivity index (χ4n) is 2.54. The molecule has 21 heavy (non-hydrogen) atoms. The summed E-state index contributed by atoms with van der Waals surface area (Å²) in [5.41, 5.74) is 2.67. The summed E-state index contributed by atoms with van der Waals surface area (Å²) >= 11 is 0. The van der Waals surface area contributed by atoms with Gasteiger partial charge in [0.1, 0.15) is 0 Å². The Hall–Kier alpha value is -0.860. The highest BCUT2D eigenvalue weighted by Crippen LogP contribution is 2.15. The van der Waals surface area contributed by atoms with Crippen molar-refractivity contribution < 1.29 is 4.74 Å². The molecule has 1 rings (SSSR count). The largest absolute Gasteiger partial charge is 0.377 e. The number of rotatable bonds is 12. The summed E-state index contributed by atoms with van der Waals surface area (Å²) in [6.07, 6.45) is 7.93. The van der Waals surface area contributed by atoms with E-state index in [0.717, 1.165) is 19.8 Å². The molecule has 120 valence electrons. The van der Waals surface area contributed by atoms with Crippen LogP contribution in [0.5, 0.6) is 0 Å². The van der Waals surface area contributed by atoms with E-state index in [1.54, 1.807) is 0 Å². The molecule has 0 radical (unpaired) electrons. The number of likely N-dealkylation sites (N-methyl/N-ethyl adjacent to an activating group) is 1. The van der Waals surface area contributed by atoms with Gasteiger partial charge in [-0.15, -0.1) is 0 Å². The molecule has 0 fully saturated rings. The van der Waals surface area contributed by atoms with Crippen LogP contribution in [0.3, 0.4) is 0 Å². The normalized spacial score (nSPS) is 12.5. The molecule has 0 spiro atoms. The van der Waals surface area contributed by atoms with Crippen LogP contribution in [0.15, 0.2) is 24.3 Å². The Morgan fingerprint density at radius 3 is 2.33 bits per heavy atom. The lowest BCUT2D eigenvalue weighted by atomic mass is 10.00. The van der Waals surface area contributed by atoms with Crippen LogP contribution < -0.4 is 5.32 Å². The van der Waals surface area contributed by atoms with E-state index in [1.165, 1.54) is 49.7 Å². The standard InChI is InChI=1S/C19H33NO/c1-4-5-6-7-8-9-14-21-16-18-10-12-19(13-11-18)17(2)15-20-3/h10-13,17,20H,4-9,14-16H2,1-3H3. The van der Waals surface area contributed by atoms with Crippen molar-refractivity contribution in [2.24, 2.45) is 0 Å². The van der Waals surface area contributed by atoms with Gasteiger partial charge in [0.25, 0.3) is 0 Å². The Balaban J connectivity index is 2.12. The molecule has 0 aliphatic carbocycles. The van der Waals surface area contributed by atoms with Crippen LogP contribution in [0, 0.1) is 0 Å². The van der Waals surface area contributed by atoms with E-state index in [2.05, 4.69) is 43.4 Å². The Morgan fingerprint density at radius 2 is 1.67 bits per heavy atom. The number of hydrogen-bond donors (Lipinski definition) is 1. The van der Waals surface area contributed by atoms with Gasteiger partial charge in [0.2, 0.25) is 0 Å². The lowest BCUT2D eigenvalue weighted by Gasteiger charge is -2.12. The topological polar surface area (TPSA) is 21.3 Å². The average molecular weight is 291 g/mol. The van der Waals surface area contributed by atoms with Crippen molar-refractivity contribution in [3.8, 4) is 0 Å². The third-order valence-corrected chi connectivity index (χ3v) is 3.97. The first kappa shape index (κ1) is 18.2. The van der Waals surface area contributed by atoms with Gasteiger partial charge in [0.05, 0.1) is 6.61 Å². The van der Waals surface area contributed by atoms with Crippen LogP contribution in [0.1, 0.15) is 69.4 Å². The van der Waals surface area contributed by atoms with Gasteiger partial charge in [0.15, 0.2) is 0 Å². The van der Waals surface area contributed by atoms with Gasteiger partial charge in [0, 0.05) is 13.2 Å². The molecule has 0 aliphatic rings. The van der Waals surface area contributed by atoms with Gasteiger partial charge in [-0.05, 0) is 30.5 Å². The van der Waals surface area contributed by atoms with E-state index in [-0.39, 0.29) is 0 Å². The second-order valence-corrected chi connectivity index (χ2v) is 6.02. The van der Waals surface area contributed by atoms with E-state index in [0.29, 0.717) is 5.92 Å². The summed E-state index contributed by atoms with van der Waals surface area (Å²) in [5, 5.41) is 3.22. The molecule has 0 saturated carbocycles. The molecule has 1 N–H and O–H groups in total. The molecule has 1 atom stereocenters. The monoisotopic (exact) mass is 291 g/mol. The zero-order valence-electron chi connectivity index (χ0n) is 14.2. The first-order valence-corrected chi connectivity index (χ1v) is 8.59. The average Bonchev–Trinajstić information content (AvgIpc) is 2.51. The fraction of sp³-hybridized carbons (Fsp3) is 0.684. The lowest BCUT2D eigenvalue weighted by Crippen LogP contribution is -2.14. The Bertz CT molecular complexity index is 347. The molecule has 2 nitrogen and oxygen atoms in total. The van der Waals surface area contributed by atoms with E-state index in [4.69, 9.17) is 4.74 Å². The van der Waals surface area contributed by atoms with Crippen molar-refractivity contribution >= 4 is 0 Å². The zero-order chi connectivity index (χ0) is 15.3. The van der Waals surface area contributed by atoms with Crippen LogP contribution >= 0.6 is 0 Å². The lowest BCUT2D eigenvalue weighted by molar-refractivity contribution is 0.116. The fourth-order valence-corrected chi connectivity index (χ4v) is 2.54. The van der Waals surface area contributed by atoms with E-state index < -0.39 is 0 Å². The summed E-state index contributed by atoms with van der Waals surface area (Å²) in [7, 11) is 2.00. The third-order valence-electron chi connectivity index (χ3n) is 3.97. The molecule has 2 heteroatoms. The Kier molecular flexibility index (Phi) is 10.2. The summed E-state index contributed by atoms with van der Waals surface area (Å²) in [6.45, 7) is 7.17. The van der Waals surface area contributed by atoms with Crippen LogP contribution in [0.2, 0.25) is 0 Å². The van der Waals surface area contributed by atoms with E-state index >= 15 is 0 Å². The van der Waals surface area contributed by atoms with Gasteiger partial charge in [-0.25, -0.2) is 0 Å². The maximum atomic E-state index is 5.76. The molecule has 0 amide bonds. The van der Waals surface area contributed by atoms with Crippen LogP contribution in [-0.4, -0.2) is 20.2 Å². The number of benzene rings is 1. The van der Waals surface area contributed by atoms with Crippen LogP contribution in [0.4, 0.5) is 0 Å². The molecule has 1 aromatic carbocycles. The Morgan fingerprint density at radius 1 is 1.00 bits per heavy atom. The zero-order valence-corrected chi connectivity index (χ0v) is 14.2. The van der Waals surface area contributed by atoms with Crippen molar-refractivity contribution in [1.82, 2.24) is 5.32 Å². The van der Waals surface area contributed by atoms with Crippen molar-refractivity contribution in [2.45, 2.75) is 64.9 Å². The minimum Gasteiger partial charge on any atom is -0.377 e. The molecule has 0 heterocycles. The molecule has 0 aliphatic heterocycles. The third kappa shape index (κ3) is 8.23. The minimum atomic E-state index is 0.563. The van der Waals surface area contributed by atoms with Crippen LogP contribution in [0.25, 0.3) is 0 Å². The smallest absolute Gasteiger partial charge is 0.0716 e. The first-order valence-electron chi connectivity index (χ1n) is 8.59. The number of nitrogens with one attached hydrogen (secondary N) is 1. The maximum absolute atomic E-state index is 5.76. The second-order valence-electron chi connectivity index (χ2n) is 6.02. The van der Waals surface area contributed by atoms with Crippen molar-refractivity contribution in [3.63, 3.8) is 0 Å².